The largest absolute Gasteiger partial charge is 0.443 e. The monoisotopic (exact) mass is 193 g/mol. The van der Waals surface area contributed by atoms with E-state index in [4.69, 9.17) is 4.74 Å². The van der Waals surface area contributed by atoms with Gasteiger partial charge in [0.2, 0.25) is 0 Å². The van der Waals surface area contributed by atoms with Gasteiger partial charge in [0.05, 0.1) is 10.8 Å². The molecule has 0 spiro atoms. The first kappa shape index (κ1) is 8.99. The van der Waals surface area contributed by atoms with Crippen LogP contribution in [0.25, 0.3) is 10.8 Å². The second kappa shape index (κ2) is 2.47. The van der Waals surface area contributed by atoms with Crippen molar-refractivity contribution < 1.29 is 9.53 Å². The minimum atomic E-state index is -0.509. The molecule has 0 amide bonds. The molecule has 4 heteroatoms. The molecule has 2 aromatic rings. The molecule has 0 fully saturated rings. The number of hydrogen-bond donors (Lipinski definition) is 0. The van der Waals surface area contributed by atoms with Crippen LogP contribution in [0.3, 0.4) is 0 Å². The highest BCUT2D eigenvalue weighted by Gasteiger charge is 2.21. The number of nitrogens with zero attached hydrogens (tertiary/aromatic N) is 1. The van der Waals surface area contributed by atoms with Crippen LogP contribution < -0.4 is 5.43 Å². The predicted octanol–water partition coefficient (Wildman–Crippen LogP) is 1.66. The van der Waals surface area contributed by atoms with Crippen molar-refractivity contribution in [2.24, 2.45) is 0 Å². The number of rotatable bonds is 0. The van der Waals surface area contributed by atoms with Crippen molar-refractivity contribution >= 4 is 16.9 Å². The molecule has 74 valence electrons. The fourth-order valence-corrected chi connectivity index (χ4v) is 1.19. The zero-order chi connectivity index (χ0) is 10.5. The molecule has 0 saturated heterocycles. The van der Waals surface area contributed by atoms with Gasteiger partial charge < -0.3 is 4.74 Å². The van der Waals surface area contributed by atoms with Gasteiger partial charge in [-0.15, -0.1) is 0 Å². The lowest BCUT2D eigenvalue weighted by Crippen LogP contribution is -2.26. The van der Waals surface area contributed by atoms with Crippen molar-refractivity contribution in [3.8, 4) is 0 Å². The highest BCUT2D eigenvalue weighted by molar-refractivity contribution is 5.99. The normalized spacial score (nSPS) is 12.5. The molecule has 0 aliphatic heterocycles. The summed E-state index contributed by atoms with van der Waals surface area (Å²) in [4.78, 5) is 22.3. The van der Waals surface area contributed by atoms with Gasteiger partial charge in [0.15, 0.2) is 5.43 Å². The van der Waals surface area contributed by atoms with Gasteiger partial charge in [0, 0.05) is 12.4 Å². The summed E-state index contributed by atoms with van der Waals surface area (Å²) < 4.78 is 6.42. The van der Waals surface area contributed by atoms with Crippen LogP contribution in [0.2, 0.25) is 0 Å². The molecule has 0 atom stereocenters. The Morgan fingerprint density at radius 3 is 2.21 bits per heavy atom. The van der Waals surface area contributed by atoms with Gasteiger partial charge in [0.25, 0.3) is 0 Å². The number of hydrogen-bond acceptors (Lipinski definition) is 3. The third-order valence-corrected chi connectivity index (χ3v) is 1.86. The molecule has 4 nitrogen and oxygen atoms in total. The maximum Gasteiger partial charge on any atom is 0.418 e. The highest BCUT2D eigenvalue weighted by atomic mass is 16.6. The highest BCUT2D eigenvalue weighted by Crippen LogP contribution is 2.17. The van der Waals surface area contributed by atoms with Gasteiger partial charge >= 0.3 is 6.09 Å². The number of pyridine rings is 1. The van der Waals surface area contributed by atoms with Gasteiger partial charge in [0.1, 0.15) is 5.60 Å². The molecule has 0 radical (unpaired) electrons. The van der Waals surface area contributed by atoms with Gasteiger partial charge in [-0.3, -0.25) is 9.36 Å². The average molecular weight is 193 g/mol. The fraction of sp³-hybridized carbons (Fsp3) is 0.400. The average Bonchev–Trinajstić information content (AvgIpc) is 2.47. The van der Waals surface area contributed by atoms with Crippen LogP contribution in [0.15, 0.2) is 17.2 Å². The van der Waals surface area contributed by atoms with Crippen molar-refractivity contribution in [2.75, 3.05) is 0 Å². The molecule has 0 aliphatic rings. The third-order valence-electron chi connectivity index (χ3n) is 1.86. The summed E-state index contributed by atoms with van der Waals surface area (Å²) >= 11 is 0. The van der Waals surface area contributed by atoms with E-state index in [0.29, 0.717) is 10.8 Å². The zero-order valence-corrected chi connectivity index (χ0v) is 8.33. The molecular weight excluding hydrogens is 182 g/mol. The Morgan fingerprint density at radius 1 is 1.29 bits per heavy atom. The van der Waals surface area contributed by atoms with Gasteiger partial charge in [-0.05, 0) is 20.8 Å². The van der Waals surface area contributed by atoms with E-state index in [0.717, 1.165) is 0 Å². The van der Waals surface area contributed by atoms with Gasteiger partial charge in [-0.25, -0.2) is 4.79 Å². The zero-order valence-electron chi connectivity index (χ0n) is 8.33. The third kappa shape index (κ3) is 1.43. The van der Waals surface area contributed by atoms with Crippen LogP contribution in [0.1, 0.15) is 20.8 Å². The summed E-state index contributed by atoms with van der Waals surface area (Å²) in [5.74, 6) is 0. The Hall–Kier alpha value is -1.58. The van der Waals surface area contributed by atoms with E-state index in [1.807, 2.05) is 0 Å². The first-order chi connectivity index (χ1) is 6.38. The van der Waals surface area contributed by atoms with E-state index in [2.05, 4.69) is 0 Å². The second-order valence-corrected chi connectivity index (χ2v) is 4.30. The maximum atomic E-state index is 11.4. The van der Waals surface area contributed by atoms with Crippen LogP contribution >= 0.6 is 0 Å². The summed E-state index contributed by atoms with van der Waals surface area (Å²) in [6.45, 7) is 5.40. The minimum Gasteiger partial charge on any atom is -0.443 e. The molecule has 14 heavy (non-hydrogen) atoms. The lowest BCUT2D eigenvalue weighted by molar-refractivity contribution is 0.0537. The Labute approximate surface area is 80.8 Å². The first-order valence-corrected chi connectivity index (χ1v) is 4.38. The smallest absolute Gasteiger partial charge is 0.418 e. The maximum absolute atomic E-state index is 11.4. The quantitative estimate of drug-likeness (QED) is 0.639. The standard InChI is InChI=1S/C10H11NO3/c1-10(2,3)14-9(13)11-4-6-7(5-11)8(6)12/h4-5H,1-3H3. The molecule has 0 saturated carbocycles. The fourth-order valence-electron chi connectivity index (χ4n) is 1.19. The number of fused-ring (bicyclic) bond motifs is 1. The SMILES string of the molecule is CC(C)(C)OC(=O)n1cc2c(=O)c2c1. The summed E-state index contributed by atoms with van der Waals surface area (Å²) in [6, 6.07) is 0. The Morgan fingerprint density at radius 2 is 1.79 bits per heavy atom. The topological polar surface area (TPSA) is 48.3 Å². The number of carbonyl (C=O) groups is 1. The Balaban J connectivity index is 2.17. The summed E-state index contributed by atoms with van der Waals surface area (Å²) in [5.41, 5.74) is -0.477. The molecule has 1 heterocycles. The molecule has 0 bridgehead atoms. The second-order valence-electron chi connectivity index (χ2n) is 4.30. The van der Waals surface area contributed by atoms with Crippen LogP contribution in [-0.4, -0.2) is 16.3 Å². The molecule has 0 aliphatic carbocycles. The number of aromatic nitrogens is 1. The van der Waals surface area contributed by atoms with Crippen LogP contribution in [-0.2, 0) is 4.74 Å². The van der Waals surface area contributed by atoms with E-state index < -0.39 is 11.7 Å². The molecule has 1 aromatic carbocycles. The van der Waals surface area contributed by atoms with Crippen LogP contribution in [0.4, 0.5) is 4.79 Å². The van der Waals surface area contributed by atoms with Crippen molar-refractivity contribution in [3.05, 3.63) is 22.6 Å². The Bertz CT molecular complexity index is 477. The van der Waals surface area contributed by atoms with Crippen molar-refractivity contribution in [3.63, 3.8) is 0 Å². The summed E-state index contributed by atoms with van der Waals surface area (Å²) in [7, 11) is 0. The molecule has 1 aromatic heterocycles. The van der Waals surface area contributed by atoms with E-state index in [-0.39, 0.29) is 5.43 Å². The van der Waals surface area contributed by atoms with Crippen molar-refractivity contribution in [1.82, 2.24) is 4.57 Å². The van der Waals surface area contributed by atoms with E-state index in [1.165, 1.54) is 17.0 Å². The number of carbonyl (C=O) groups excluding carboxylic acids is 1. The molecule has 0 N–H and O–H groups in total. The lowest BCUT2D eigenvalue weighted by atomic mass is 10.2. The molecule has 2 rings (SSSR count). The van der Waals surface area contributed by atoms with Crippen LogP contribution in [0.5, 0.6) is 0 Å². The summed E-state index contributed by atoms with van der Waals surface area (Å²) in [5, 5.41) is 1.24. The van der Waals surface area contributed by atoms with Gasteiger partial charge in [-0.2, -0.15) is 0 Å². The first-order valence-electron chi connectivity index (χ1n) is 4.38. The van der Waals surface area contributed by atoms with Gasteiger partial charge in [-0.1, -0.05) is 0 Å². The molecule has 0 unspecified atom stereocenters. The summed E-state index contributed by atoms with van der Waals surface area (Å²) in [6.07, 6.45) is 2.56. The van der Waals surface area contributed by atoms with Crippen molar-refractivity contribution in [2.45, 2.75) is 26.4 Å². The lowest BCUT2D eigenvalue weighted by Gasteiger charge is -2.19. The Kier molecular flexibility index (Phi) is 1.58. The van der Waals surface area contributed by atoms with E-state index in [1.54, 1.807) is 20.8 Å². The van der Waals surface area contributed by atoms with E-state index in [9.17, 15) is 9.59 Å². The van der Waals surface area contributed by atoms with Crippen molar-refractivity contribution in [1.29, 1.82) is 0 Å². The van der Waals surface area contributed by atoms with E-state index >= 15 is 0 Å². The van der Waals surface area contributed by atoms with Crippen LogP contribution in [0, 0.1) is 0 Å². The predicted molar refractivity (Wildman–Crippen MR) is 52.2 cm³/mol. The number of ether oxygens (including phenoxy) is 1. The molecular formula is C10H11NO3. The minimum absolute atomic E-state index is 0.0322.